The highest BCUT2D eigenvalue weighted by atomic mass is 35.5. The van der Waals surface area contributed by atoms with Crippen molar-refractivity contribution < 1.29 is 9.59 Å². The van der Waals surface area contributed by atoms with Gasteiger partial charge in [0.05, 0.1) is 5.25 Å². The van der Waals surface area contributed by atoms with Gasteiger partial charge >= 0.3 is 0 Å². The molecule has 28 heavy (non-hydrogen) atoms. The van der Waals surface area contributed by atoms with E-state index in [-0.39, 0.29) is 23.0 Å². The molecule has 3 rings (SSSR count). The molecule has 1 atom stereocenters. The Bertz CT molecular complexity index is 802. The van der Waals surface area contributed by atoms with Gasteiger partial charge < -0.3 is 10.6 Å². The van der Waals surface area contributed by atoms with E-state index in [2.05, 4.69) is 10.6 Å². The molecule has 6 heteroatoms. The van der Waals surface area contributed by atoms with Gasteiger partial charge in [0, 0.05) is 27.2 Å². The summed E-state index contributed by atoms with van der Waals surface area (Å²) in [6.07, 6.45) is 5.49. The quantitative estimate of drug-likeness (QED) is 0.569. The summed E-state index contributed by atoms with van der Waals surface area (Å²) >= 11 is 7.34. The van der Waals surface area contributed by atoms with Crippen LogP contribution in [0.25, 0.3) is 0 Å². The first-order valence-corrected chi connectivity index (χ1v) is 10.9. The van der Waals surface area contributed by atoms with Gasteiger partial charge in [0.15, 0.2) is 0 Å². The van der Waals surface area contributed by atoms with Gasteiger partial charge in [-0.3, -0.25) is 9.59 Å². The van der Waals surface area contributed by atoms with Crippen LogP contribution in [0.15, 0.2) is 53.4 Å². The van der Waals surface area contributed by atoms with E-state index in [9.17, 15) is 9.59 Å². The maximum absolute atomic E-state index is 12.4. The lowest BCUT2D eigenvalue weighted by molar-refractivity contribution is -0.120. The van der Waals surface area contributed by atoms with Crippen LogP contribution in [-0.2, 0) is 9.59 Å². The van der Waals surface area contributed by atoms with Gasteiger partial charge in [-0.05, 0) is 68.3 Å². The topological polar surface area (TPSA) is 58.2 Å². The Balaban J connectivity index is 1.50. The van der Waals surface area contributed by atoms with Crippen molar-refractivity contribution in [1.29, 1.82) is 0 Å². The molecule has 2 N–H and O–H groups in total. The predicted molar refractivity (Wildman–Crippen MR) is 117 cm³/mol. The van der Waals surface area contributed by atoms with Crippen molar-refractivity contribution in [3.05, 3.63) is 53.6 Å². The number of hydrogen-bond acceptors (Lipinski definition) is 3. The van der Waals surface area contributed by atoms with Crippen LogP contribution < -0.4 is 10.6 Å². The van der Waals surface area contributed by atoms with Crippen LogP contribution in [0.1, 0.15) is 39.0 Å². The third-order valence-corrected chi connectivity index (χ3v) is 6.26. The molecule has 1 aliphatic carbocycles. The second-order valence-electron chi connectivity index (χ2n) is 7.10. The number of carbonyl (C=O) groups excluding carboxylic acids is 2. The van der Waals surface area contributed by atoms with Gasteiger partial charge in [-0.2, -0.15) is 0 Å². The number of carbonyl (C=O) groups is 2. The van der Waals surface area contributed by atoms with Crippen LogP contribution in [0.4, 0.5) is 11.4 Å². The molecule has 0 aromatic heterocycles. The molecule has 0 aliphatic heterocycles. The van der Waals surface area contributed by atoms with Crippen molar-refractivity contribution >= 4 is 46.6 Å². The predicted octanol–water partition coefficient (Wildman–Crippen LogP) is 5.98. The lowest BCUT2D eigenvalue weighted by atomic mass is 9.88. The van der Waals surface area contributed by atoms with Crippen molar-refractivity contribution in [2.75, 3.05) is 10.6 Å². The Morgan fingerprint density at radius 1 is 0.929 bits per heavy atom. The summed E-state index contributed by atoms with van der Waals surface area (Å²) in [5.74, 6) is 0.192. The van der Waals surface area contributed by atoms with Crippen molar-refractivity contribution in [2.45, 2.75) is 49.2 Å². The molecule has 2 amide bonds. The summed E-state index contributed by atoms with van der Waals surface area (Å²) in [5.41, 5.74) is 1.53. The van der Waals surface area contributed by atoms with Gasteiger partial charge in [0.1, 0.15) is 0 Å². The molecule has 1 unspecified atom stereocenters. The lowest BCUT2D eigenvalue weighted by Gasteiger charge is -2.20. The maximum atomic E-state index is 12.4. The number of amides is 2. The summed E-state index contributed by atoms with van der Waals surface area (Å²) in [7, 11) is 0. The number of anilines is 2. The number of rotatable bonds is 6. The fraction of sp³-hybridized carbons (Fsp3) is 0.364. The van der Waals surface area contributed by atoms with E-state index in [1.54, 1.807) is 24.3 Å². The highest BCUT2D eigenvalue weighted by Crippen LogP contribution is 2.28. The van der Waals surface area contributed by atoms with E-state index in [1.165, 1.54) is 18.2 Å². The number of thioether (sulfide) groups is 1. The molecule has 2 aromatic carbocycles. The first-order chi connectivity index (χ1) is 13.5. The van der Waals surface area contributed by atoms with Gasteiger partial charge in [-0.25, -0.2) is 0 Å². The molecule has 1 saturated carbocycles. The minimum absolute atomic E-state index is 0.0676. The van der Waals surface area contributed by atoms with Crippen LogP contribution in [0.5, 0.6) is 0 Å². The first-order valence-electron chi connectivity index (χ1n) is 9.65. The molecule has 0 radical (unpaired) electrons. The normalized spacial score (nSPS) is 15.6. The van der Waals surface area contributed by atoms with Crippen LogP contribution >= 0.6 is 23.4 Å². The monoisotopic (exact) mass is 416 g/mol. The fourth-order valence-electron chi connectivity index (χ4n) is 3.26. The summed E-state index contributed by atoms with van der Waals surface area (Å²) in [6, 6.07) is 14.7. The molecule has 2 aromatic rings. The van der Waals surface area contributed by atoms with Gasteiger partial charge in [-0.1, -0.05) is 30.9 Å². The van der Waals surface area contributed by atoms with Crippen LogP contribution in [-0.4, -0.2) is 17.1 Å². The molecular weight excluding hydrogens is 392 g/mol. The van der Waals surface area contributed by atoms with Crippen molar-refractivity contribution in [3.63, 3.8) is 0 Å². The molecule has 4 nitrogen and oxygen atoms in total. The molecule has 0 heterocycles. The van der Waals surface area contributed by atoms with E-state index < -0.39 is 0 Å². The van der Waals surface area contributed by atoms with Crippen molar-refractivity contribution in [1.82, 2.24) is 0 Å². The Kier molecular flexibility index (Phi) is 7.40. The summed E-state index contributed by atoms with van der Waals surface area (Å²) < 4.78 is 0. The third-order valence-electron chi connectivity index (χ3n) is 4.89. The minimum Gasteiger partial charge on any atom is -0.326 e. The highest BCUT2D eigenvalue weighted by molar-refractivity contribution is 8.00. The molecule has 1 fully saturated rings. The second-order valence-corrected chi connectivity index (χ2v) is 8.96. The molecule has 1 aliphatic rings. The number of halogens is 1. The maximum Gasteiger partial charge on any atom is 0.237 e. The number of nitrogens with one attached hydrogen (secondary N) is 2. The summed E-state index contributed by atoms with van der Waals surface area (Å²) in [4.78, 5) is 25.7. The van der Waals surface area contributed by atoms with Crippen LogP contribution in [0.2, 0.25) is 5.02 Å². The zero-order valence-corrected chi connectivity index (χ0v) is 17.5. The lowest BCUT2D eigenvalue weighted by Crippen LogP contribution is -2.24. The SMILES string of the molecule is CC(Sc1ccc(NC(=O)C2CCCCC2)cc1)C(=O)Nc1ccc(Cl)cc1. The summed E-state index contributed by atoms with van der Waals surface area (Å²) in [6.45, 7) is 1.87. The first kappa shape index (κ1) is 20.7. The Morgan fingerprint density at radius 3 is 2.14 bits per heavy atom. The van der Waals surface area contributed by atoms with Crippen molar-refractivity contribution in [3.8, 4) is 0 Å². The zero-order valence-electron chi connectivity index (χ0n) is 15.9. The van der Waals surface area contributed by atoms with Crippen molar-refractivity contribution in [2.24, 2.45) is 5.92 Å². The van der Waals surface area contributed by atoms with E-state index in [4.69, 9.17) is 11.6 Å². The third kappa shape index (κ3) is 6.01. The number of benzene rings is 2. The largest absolute Gasteiger partial charge is 0.326 e. The number of hydrogen-bond donors (Lipinski definition) is 2. The molecule has 0 saturated heterocycles. The van der Waals surface area contributed by atoms with Gasteiger partial charge in [0.2, 0.25) is 11.8 Å². The second kappa shape index (κ2) is 9.99. The standard InChI is InChI=1S/C22H25ClN2O2S/c1-15(21(26)24-18-9-7-17(23)8-10-18)28-20-13-11-19(12-14-20)25-22(27)16-5-3-2-4-6-16/h7-16H,2-6H2,1H3,(H,24,26)(H,25,27). The van der Waals surface area contributed by atoms with E-state index in [0.29, 0.717) is 5.02 Å². The van der Waals surface area contributed by atoms with Gasteiger partial charge in [-0.15, -0.1) is 11.8 Å². The smallest absolute Gasteiger partial charge is 0.237 e. The average Bonchev–Trinajstić information content (AvgIpc) is 2.71. The van der Waals surface area contributed by atoms with E-state index in [0.717, 1.165) is 42.0 Å². The molecule has 148 valence electrons. The Labute approximate surface area is 175 Å². The van der Waals surface area contributed by atoms with Crippen LogP contribution in [0, 0.1) is 5.92 Å². The Hall–Kier alpha value is -1.98. The highest BCUT2D eigenvalue weighted by Gasteiger charge is 2.21. The van der Waals surface area contributed by atoms with E-state index in [1.807, 2.05) is 31.2 Å². The summed E-state index contributed by atoms with van der Waals surface area (Å²) in [5, 5.41) is 6.29. The zero-order chi connectivity index (χ0) is 19.9. The fourth-order valence-corrected chi connectivity index (χ4v) is 4.25. The Morgan fingerprint density at radius 2 is 1.50 bits per heavy atom. The van der Waals surface area contributed by atoms with Gasteiger partial charge in [0.25, 0.3) is 0 Å². The molecule has 0 spiro atoms. The van der Waals surface area contributed by atoms with E-state index >= 15 is 0 Å². The minimum atomic E-state index is -0.252. The molecule has 0 bridgehead atoms. The average molecular weight is 417 g/mol. The molecular formula is C22H25ClN2O2S. The van der Waals surface area contributed by atoms with Crippen LogP contribution in [0.3, 0.4) is 0 Å².